The maximum Gasteiger partial charge on any atom is 0.293 e. The molecule has 6 aliphatic rings. The van der Waals surface area contributed by atoms with Crippen LogP contribution in [0.5, 0.6) is 0 Å². The fraction of sp³-hybridized carbons (Fsp3) is 0.891. The number of nitrogens with one attached hydrogen (secondary N) is 2. The number of aliphatic hydroxyl groups excluding tert-OH is 3. The molecule has 4 amide bonds. The van der Waals surface area contributed by atoms with Crippen LogP contribution in [0.25, 0.3) is 0 Å². The van der Waals surface area contributed by atoms with Crippen molar-refractivity contribution in [1.82, 2.24) is 25.3 Å². The van der Waals surface area contributed by atoms with Gasteiger partial charge >= 0.3 is 0 Å². The summed E-state index contributed by atoms with van der Waals surface area (Å²) in [5.41, 5.74) is 1.64. The molecule has 6 rings (SSSR count). The summed E-state index contributed by atoms with van der Waals surface area (Å²) >= 11 is 0. The summed E-state index contributed by atoms with van der Waals surface area (Å²) < 4.78 is 5.40. The highest BCUT2D eigenvalue weighted by Gasteiger charge is 2.71. The Morgan fingerprint density at radius 3 is 2.09 bits per heavy atom. The zero-order valence-corrected chi connectivity index (χ0v) is 51.5. The van der Waals surface area contributed by atoms with Gasteiger partial charge in [-0.2, -0.15) is 0 Å². The monoisotopic (exact) mass is 1090 g/mol. The molecule has 1 aliphatic heterocycles. The molecule has 0 radical (unpaired) electrons. The van der Waals surface area contributed by atoms with Gasteiger partial charge in [-0.3, -0.25) is 28.9 Å². The van der Waals surface area contributed by atoms with Gasteiger partial charge in [0.2, 0.25) is 23.6 Å². The molecule has 0 aromatic rings. The van der Waals surface area contributed by atoms with Crippen molar-refractivity contribution in [2.24, 2.45) is 98.1 Å². The molecule has 14 heteroatoms. The molecule has 14 nitrogen and oxygen atoms in total. The van der Waals surface area contributed by atoms with Gasteiger partial charge in [0.25, 0.3) is 6.47 Å². The highest BCUT2D eigenvalue weighted by atomic mass is 16.5. The number of likely N-dealkylation sites (tertiary alicyclic amines) is 1. The minimum atomic E-state index is -0.799. The molecule has 1 saturated heterocycles. The largest absolute Gasteiger partial charge is 0.468 e. The molecule has 18 atom stereocenters. The molecule has 0 spiro atoms. The van der Waals surface area contributed by atoms with Gasteiger partial charge in [0.05, 0.1) is 12.6 Å². The van der Waals surface area contributed by atoms with Gasteiger partial charge in [0, 0.05) is 76.2 Å². The van der Waals surface area contributed by atoms with Gasteiger partial charge in [0.1, 0.15) is 6.04 Å². The summed E-state index contributed by atoms with van der Waals surface area (Å²) in [5.74, 6) is -0.0847. The third-order valence-corrected chi connectivity index (χ3v) is 24.0. The molecule has 5 aliphatic carbocycles. The fourth-order valence-corrected chi connectivity index (χ4v) is 19.3. The molecule has 0 bridgehead atoms. The Labute approximate surface area is 472 Å². The molecule has 5 saturated carbocycles. The van der Waals surface area contributed by atoms with Gasteiger partial charge in [0.15, 0.2) is 0 Å². The predicted octanol–water partition coefficient (Wildman–Crippen LogP) is 8.75. The molecule has 0 aromatic heterocycles. The van der Waals surface area contributed by atoms with Crippen LogP contribution in [0.2, 0.25) is 0 Å². The first kappa shape index (κ1) is 64.1. The maximum absolute atomic E-state index is 14.5. The van der Waals surface area contributed by atoms with E-state index in [1.165, 1.54) is 25.7 Å². The standard InChI is InChI=1S/C64H111N5O9/c1-17-41(6)56(68(16)59(77)54(39(2)3)66-58(76)55(40(4)5)67(14)15)44(34-70)33-52(74)69-32-18-19-49(69)47(35-71)43(8)57(75)65-31-25-42(7)46-23-28-64(37-72)30-29-62(12)48(53(46)64)20-21-51-61(11)26-22-45(36-78-38-73)60(9,10)50(61)24-27-63(51,62)13/h38-41,43-51,53-56,70-72H,7,17-37H2,1-6,8-16H3,(H,65,75)(H,66,76)/t41-,43+,44-,45+,46-,47+,48?,49?,50-,51?,53+,54-,55-,56-,61-,62+,63+,64+/m0/s1. The summed E-state index contributed by atoms with van der Waals surface area (Å²) in [7, 11) is 5.43. The van der Waals surface area contributed by atoms with Crippen LogP contribution in [0.4, 0.5) is 0 Å². The number of rotatable bonds is 25. The van der Waals surface area contributed by atoms with E-state index in [-0.39, 0.29) is 107 Å². The van der Waals surface area contributed by atoms with Gasteiger partial charge in [-0.25, -0.2) is 0 Å². The number of carbonyl (C=O) groups excluding carboxylic acids is 5. The van der Waals surface area contributed by atoms with Crippen LogP contribution in [0.3, 0.4) is 0 Å². The Bertz CT molecular complexity index is 2090. The Morgan fingerprint density at radius 1 is 0.808 bits per heavy atom. The Hall–Kier alpha value is -3.07. The zero-order valence-electron chi connectivity index (χ0n) is 51.5. The van der Waals surface area contributed by atoms with Crippen molar-refractivity contribution in [1.29, 1.82) is 0 Å². The van der Waals surface area contributed by atoms with Crippen LogP contribution < -0.4 is 10.6 Å². The number of fused-ring (bicyclic) bond motifs is 7. The summed E-state index contributed by atoms with van der Waals surface area (Å²) in [6.45, 7) is 32.9. The van der Waals surface area contributed by atoms with Crippen molar-refractivity contribution in [3.8, 4) is 0 Å². The summed E-state index contributed by atoms with van der Waals surface area (Å²) in [4.78, 5) is 73.2. The van der Waals surface area contributed by atoms with Crippen LogP contribution in [-0.4, -0.2) is 145 Å². The minimum Gasteiger partial charge on any atom is -0.468 e. The van der Waals surface area contributed by atoms with Crippen molar-refractivity contribution >= 4 is 30.1 Å². The Morgan fingerprint density at radius 2 is 1.50 bits per heavy atom. The van der Waals surface area contributed by atoms with Gasteiger partial charge in [-0.1, -0.05) is 102 Å². The van der Waals surface area contributed by atoms with Crippen LogP contribution in [0.1, 0.15) is 179 Å². The molecular weight excluding hydrogens is 983 g/mol. The van der Waals surface area contributed by atoms with Gasteiger partial charge in [-0.05, 0) is 178 Å². The van der Waals surface area contributed by atoms with Crippen LogP contribution >= 0.6 is 0 Å². The highest BCUT2D eigenvalue weighted by Crippen LogP contribution is 2.78. The maximum atomic E-state index is 14.5. The Kier molecular flexibility index (Phi) is 21.0. The number of ether oxygens (including phenoxy) is 1. The van der Waals surface area contributed by atoms with Crippen molar-refractivity contribution in [2.75, 3.05) is 60.7 Å². The molecule has 78 heavy (non-hydrogen) atoms. The minimum absolute atomic E-state index is 0.00616. The number of hydrogen-bond donors (Lipinski definition) is 5. The lowest BCUT2D eigenvalue weighted by molar-refractivity contribution is -0.246. The second-order valence-corrected chi connectivity index (χ2v) is 28.8. The molecule has 3 unspecified atom stereocenters. The van der Waals surface area contributed by atoms with E-state index in [0.717, 1.165) is 50.5 Å². The first-order chi connectivity index (χ1) is 36.6. The molecular formula is C64H111N5O9. The third-order valence-electron chi connectivity index (χ3n) is 24.0. The first-order valence-corrected chi connectivity index (χ1v) is 31.0. The molecule has 446 valence electrons. The van der Waals surface area contributed by atoms with Crippen LogP contribution in [0, 0.1) is 98.1 Å². The lowest BCUT2D eigenvalue weighted by Crippen LogP contribution is -2.66. The second kappa shape index (κ2) is 25.6. The first-order valence-electron chi connectivity index (χ1n) is 31.0. The third kappa shape index (κ3) is 11.8. The number of likely N-dealkylation sites (N-methyl/N-ethyl adjacent to an activating group) is 2. The predicted molar refractivity (Wildman–Crippen MR) is 308 cm³/mol. The lowest BCUT2D eigenvalue weighted by Gasteiger charge is -2.73. The fourth-order valence-electron chi connectivity index (χ4n) is 19.3. The van der Waals surface area contributed by atoms with E-state index >= 15 is 0 Å². The molecule has 1 heterocycles. The highest BCUT2D eigenvalue weighted by molar-refractivity contribution is 5.90. The van der Waals surface area contributed by atoms with E-state index in [1.54, 1.807) is 16.8 Å². The molecule has 5 N–H and O–H groups in total. The zero-order chi connectivity index (χ0) is 58.0. The van der Waals surface area contributed by atoms with Crippen molar-refractivity contribution in [3.63, 3.8) is 0 Å². The van der Waals surface area contributed by atoms with E-state index in [1.807, 2.05) is 67.5 Å². The van der Waals surface area contributed by atoms with E-state index in [9.17, 15) is 39.3 Å². The number of hydrogen-bond acceptors (Lipinski definition) is 10. The van der Waals surface area contributed by atoms with E-state index in [2.05, 4.69) is 45.3 Å². The van der Waals surface area contributed by atoms with Gasteiger partial charge < -0.3 is 40.5 Å². The SMILES string of the molecule is C=C(CCNC(=O)[C@H](C)[C@@H](CO)C1CCCN1C(=O)C[C@@H](CO)[C@H]([C@@H](C)CC)N(C)C(=O)[C@@H](NC(=O)[C@H](C(C)C)N(C)C)C(C)C)[C@@H]1CC[C@]2(CO)CC[C@]3(C)C(CCC4[C@@]5(C)CC[C@H](COC=O)C(C)(C)[C@@H]5CC[C@]43C)[C@@H]12. The van der Waals surface area contributed by atoms with Crippen LogP contribution in [-0.2, 0) is 28.7 Å². The Balaban J connectivity index is 1.09. The van der Waals surface area contributed by atoms with Crippen LogP contribution in [0.15, 0.2) is 12.2 Å². The van der Waals surface area contributed by atoms with E-state index in [0.29, 0.717) is 75.0 Å². The second-order valence-electron chi connectivity index (χ2n) is 28.8. The average molecular weight is 1090 g/mol. The van der Waals surface area contributed by atoms with Crippen molar-refractivity contribution in [3.05, 3.63) is 12.2 Å². The summed E-state index contributed by atoms with van der Waals surface area (Å²) in [5, 5.41) is 39.6. The van der Waals surface area contributed by atoms with Crippen molar-refractivity contribution < 1.29 is 44.0 Å². The number of nitrogens with zero attached hydrogens (tertiary/aromatic N) is 3. The van der Waals surface area contributed by atoms with E-state index < -0.39 is 35.9 Å². The van der Waals surface area contributed by atoms with Gasteiger partial charge in [-0.15, -0.1) is 0 Å². The average Bonchev–Trinajstić information content (AvgIpc) is 4.19. The molecule has 0 aromatic carbocycles. The van der Waals surface area contributed by atoms with Crippen molar-refractivity contribution in [2.45, 2.75) is 204 Å². The summed E-state index contributed by atoms with van der Waals surface area (Å²) in [6.07, 6.45) is 13.9. The molecule has 6 fully saturated rings. The normalized spacial score (nSPS) is 35.0. The number of aliphatic hydroxyl groups is 3. The number of amides is 4. The quantitative estimate of drug-likeness (QED) is 0.0437. The summed E-state index contributed by atoms with van der Waals surface area (Å²) in [6, 6.07) is -2.08. The lowest BCUT2D eigenvalue weighted by atomic mass is 9.32. The number of carbonyl (C=O) groups is 5. The van der Waals surface area contributed by atoms with E-state index in [4.69, 9.17) is 11.3 Å². The topological polar surface area (TPSA) is 189 Å². The smallest absolute Gasteiger partial charge is 0.293 e.